The molecule has 0 fully saturated rings. The predicted molar refractivity (Wildman–Crippen MR) is 70.5 cm³/mol. The van der Waals surface area contributed by atoms with Crippen LogP contribution in [0.4, 0.5) is 11.6 Å². The fourth-order valence-electron chi connectivity index (χ4n) is 1.26. The lowest BCUT2D eigenvalue weighted by Gasteiger charge is -2.07. The van der Waals surface area contributed by atoms with Crippen molar-refractivity contribution in [2.24, 2.45) is 0 Å². The van der Waals surface area contributed by atoms with Crippen molar-refractivity contribution in [1.82, 2.24) is 9.97 Å². The standard InChI is InChI=1S/C10H11BrN4S/c1-6-9(12)14-5-15-10(6)13-4-7-2-3-8(11)16-7/h2-3,5H,4H2,1H3,(H3,12,13,14,15). The van der Waals surface area contributed by atoms with E-state index in [2.05, 4.69) is 37.3 Å². The lowest BCUT2D eigenvalue weighted by molar-refractivity contribution is 1.08. The van der Waals surface area contributed by atoms with Crippen LogP contribution in [0.5, 0.6) is 0 Å². The summed E-state index contributed by atoms with van der Waals surface area (Å²) < 4.78 is 1.13. The van der Waals surface area contributed by atoms with E-state index in [1.807, 2.05) is 13.0 Å². The van der Waals surface area contributed by atoms with Crippen LogP contribution in [0.2, 0.25) is 0 Å². The maximum atomic E-state index is 5.70. The summed E-state index contributed by atoms with van der Waals surface area (Å²) in [5.74, 6) is 1.31. The zero-order valence-corrected chi connectivity index (χ0v) is 11.1. The van der Waals surface area contributed by atoms with Gasteiger partial charge >= 0.3 is 0 Å². The van der Waals surface area contributed by atoms with E-state index in [9.17, 15) is 0 Å². The largest absolute Gasteiger partial charge is 0.383 e. The van der Waals surface area contributed by atoms with Gasteiger partial charge in [-0.2, -0.15) is 0 Å². The van der Waals surface area contributed by atoms with Gasteiger partial charge in [-0.05, 0) is 35.0 Å². The minimum Gasteiger partial charge on any atom is -0.383 e. The number of hydrogen-bond donors (Lipinski definition) is 2. The number of aromatic nitrogens is 2. The van der Waals surface area contributed by atoms with E-state index in [-0.39, 0.29) is 0 Å². The minimum absolute atomic E-state index is 0.518. The van der Waals surface area contributed by atoms with E-state index < -0.39 is 0 Å². The van der Waals surface area contributed by atoms with Crippen molar-refractivity contribution in [3.05, 3.63) is 32.7 Å². The second-order valence-corrected chi connectivity index (χ2v) is 5.84. The third kappa shape index (κ3) is 2.51. The summed E-state index contributed by atoms with van der Waals surface area (Å²) >= 11 is 5.13. The van der Waals surface area contributed by atoms with Crippen LogP contribution >= 0.6 is 27.3 Å². The first kappa shape index (κ1) is 11.3. The zero-order valence-electron chi connectivity index (χ0n) is 8.70. The Balaban J connectivity index is 2.07. The Bertz CT molecular complexity index is 497. The van der Waals surface area contributed by atoms with Crippen molar-refractivity contribution in [3.63, 3.8) is 0 Å². The quantitative estimate of drug-likeness (QED) is 0.914. The molecule has 0 radical (unpaired) electrons. The summed E-state index contributed by atoms with van der Waals surface area (Å²) in [6, 6.07) is 4.10. The van der Waals surface area contributed by atoms with Crippen LogP contribution in [-0.2, 0) is 6.54 Å². The first-order valence-corrected chi connectivity index (χ1v) is 6.33. The number of nitrogens with one attached hydrogen (secondary N) is 1. The van der Waals surface area contributed by atoms with Crippen molar-refractivity contribution < 1.29 is 0 Å². The SMILES string of the molecule is Cc1c(N)ncnc1NCc1ccc(Br)s1. The highest BCUT2D eigenvalue weighted by molar-refractivity contribution is 9.11. The average Bonchev–Trinajstić information content (AvgIpc) is 2.67. The first-order chi connectivity index (χ1) is 7.66. The molecule has 2 aromatic heterocycles. The number of halogens is 1. The highest BCUT2D eigenvalue weighted by Gasteiger charge is 2.04. The minimum atomic E-state index is 0.518. The molecule has 0 saturated carbocycles. The molecule has 84 valence electrons. The molecule has 0 aromatic carbocycles. The smallest absolute Gasteiger partial charge is 0.134 e. The summed E-state index contributed by atoms with van der Waals surface area (Å²) in [5, 5.41) is 3.24. The number of nitrogens with zero attached hydrogens (tertiary/aromatic N) is 2. The molecule has 2 aromatic rings. The number of nitrogens with two attached hydrogens (primary N) is 1. The maximum absolute atomic E-state index is 5.70. The second-order valence-electron chi connectivity index (χ2n) is 3.29. The summed E-state index contributed by atoms with van der Waals surface area (Å²) in [6.07, 6.45) is 1.47. The van der Waals surface area contributed by atoms with Gasteiger partial charge in [-0.3, -0.25) is 0 Å². The van der Waals surface area contributed by atoms with Crippen LogP contribution in [0.15, 0.2) is 22.2 Å². The van der Waals surface area contributed by atoms with Gasteiger partial charge in [0.05, 0.1) is 10.3 Å². The molecule has 0 bridgehead atoms. The van der Waals surface area contributed by atoms with E-state index in [1.165, 1.54) is 11.2 Å². The van der Waals surface area contributed by atoms with Gasteiger partial charge in [0, 0.05) is 10.4 Å². The maximum Gasteiger partial charge on any atom is 0.134 e. The molecular weight excluding hydrogens is 288 g/mol. The Morgan fingerprint density at radius 1 is 1.44 bits per heavy atom. The highest BCUT2D eigenvalue weighted by Crippen LogP contribution is 2.23. The molecule has 2 heterocycles. The number of anilines is 2. The van der Waals surface area contributed by atoms with Crippen LogP contribution in [-0.4, -0.2) is 9.97 Å². The monoisotopic (exact) mass is 298 g/mol. The fourth-order valence-corrected chi connectivity index (χ4v) is 2.68. The van der Waals surface area contributed by atoms with E-state index in [1.54, 1.807) is 11.3 Å². The molecule has 2 rings (SSSR count). The first-order valence-electron chi connectivity index (χ1n) is 4.72. The van der Waals surface area contributed by atoms with Gasteiger partial charge in [-0.25, -0.2) is 9.97 Å². The Morgan fingerprint density at radius 3 is 2.94 bits per heavy atom. The lowest BCUT2D eigenvalue weighted by Crippen LogP contribution is -2.05. The Morgan fingerprint density at radius 2 is 2.25 bits per heavy atom. The van der Waals surface area contributed by atoms with E-state index >= 15 is 0 Å². The molecule has 3 N–H and O–H groups in total. The van der Waals surface area contributed by atoms with Crippen LogP contribution in [0, 0.1) is 6.92 Å². The number of rotatable bonds is 3. The summed E-state index contributed by atoms with van der Waals surface area (Å²) in [6.45, 7) is 2.65. The summed E-state index contributed by atoms with van der Waals surface area (Å²) in [5.41, 5.74) is 6.58. The predicted octanol–water partition coefficient (Wildman–Crippen LogP) is 2.80. The molecule has 16 heavy (non-hydrogen) atoms. The topological polar surface area (TPSA) is 63.8 Å². The van der Waals surface area contributed by atoms with Gasteiger partial charge < -0.3 is 11.1 Å². The molecule has 6 heteroatoms. The average molecular weight is 299 g/mol. The van der Waals surface area contributed by atoms with Crippen LogP contribution in [0.1, 0.15) is 10.4 Å². The molecular formula is C10H11BrN4S. The number of thiophene rings is 1. The zero-order chi connectivity index (χ0) is 11.5. The molecule has 0 spiro atoms. The van der Waals surface area contributed by atoms with E-state index in [0.717, 1.165) is 21.7 Å². The van der Waals surface area contributed by atoms with Gasteiger partial charge in [0.1, 0.15) is 18.0 Å². The van der Waals surface area contributed by atoms with Gasteiger partial charge in [-0.1, -0.05) is 0 Å². The number of nitrogen functional groups attached to an aromatic ring is 1. The van der Waals surface area contributed by atoms with Crippen molar-refractivity contribution in [2.45, 2.75) is 13.5 Å². The van der Waals surface area contributed by atoms with Crippen molar-refractivity contribution in [2.75, 3.05) is 11.1 Å². The molecule has 4 nitrogen and oxygen atoms in total. The van der Waals surface area contributed by atoms with Gasteiger partial charge in [0.2, 0.25) is 0 Å². The molecule has 0 aliphatic heterocycles. The van der Waals surface area contributed by atoms with E-state index in [0.29, 0.717) is 5.82 Å². The van der Waals surface area contributed by atoms with E-state index in [4.69, 9.17) is 5.73 Å². The number of hydrogen-bond acceptors (Lipinski definition) is 5. The normalized spacial score (nSPS) is 10.4. The molecule has 0 saturated heterocycles. The van der Waals surface area contributed by atoms with Crippen molar-refractivity contribution >= 4 is 38.9 Å². The highest BCUT2D eigenvalue weighted by atomic mass is 79.9. The Kier molecular flexibility index (Phi) is 3.40. The molecule has 0 atom stereocenters. The molecule has 0 unspecified atom stereocenters. The van der Waals surface area contributed by atoms with Gasteiger partial charge in [-0.15, -0.1) is 11.3 Å². The lowest BCUT2D eigenvalue weighted by atomic mass is 10.3. The molecule has 0 aliphatic rings. The third-order valence-corrected chi connectivity index (χ3v) is 3.81. The third-order valence-electron chi connectivity index (χ3n) is 2.18. The van der Waals surface area contributed by atoms with Gasteiger partial charge in [0.15, 0.2) is 0 Å². The molecule has 0 aliphatic carbocycles. The van der Waals surface area contributed by atoms with Crippen LogP contribution in [0.25, 0.3) is 0 Å². The second kappa shape index (κ2) is 4.80. The fraction of sp³-hybridized carbons (Fsp3) is 0.200. The Hall–Kier alpha value is -1.14. The van der Waals surface area contributed by atoms with Crippen LogP contribution < -0.4 is 11.1 Å². The Labute approximate surface area is 106 Å². The van der Waals surface area contributed by atoms with Crippen LogP contribution in [0.3, 0.4) is 0 Å². The molecule has 0 amide bonds. The summed E-state index contributed by atoms with van der Waals surface area (Å²) in [4.78, 5) is 9.31. The van der Waals surface area contributed by atoms with Gasteiger partial charge in [0.25, 0.3) is 0 Å². The van der Waals surface area contributed by atoms with Crippen molar-refractivity contribution in [3.8, 4) is 0 Å². The van der Waals surface area contributed by atoms with Crippen molar-refractivity contribution in [1.29, 1.82) is 0 Å². The summed E-state index contributed by atoms with van der Waals surface area (Å²) in [7, 11) is 0.